The molecule has 0 amide bonds. The third-order valence-electron chi connectivity index (χ3n) is 8.52. The van der Waals surface area contributed by atoms with Crippen LogP contribution in [0.3, 0.4) is 0 Å². The van der Waals surface area contributed by atoms with E-state index in [1.165, 1.54) is 25.7 Å². The van der Waals surface area contributed by atoms with Gasteiger partial charge in [-0.3, -0.25) is 0 Å². The molecule has 0 fully saturated rings. The minimum absolute atomic E-state index is 0.313. The van der Waals surface area contributed by atoms with E-state index in [2.05, 4.69) is 61.3 Å². The highest BCUT2D eigenvalue weighted by atomic mass is 16.6. The molecular weight excluding hydrogens is 520 g/mol. The van der Waals surface area contributed by atoms with E-state index in [1.807, 2.05) is 54.6 Å². The predicted octanol–water partition coefficient (Wildman–Crippen LogP) is 9.49. The maximum Gasteiger partial charge on any atom is 0.340 e. The molecule has 4 aromatic carbocycles. The lowest BCUT2D eigenvalue weighted by molar-refractivity contribution is 0.0224. The molecule has 216 valence electrons. The Kier molecular flexibility index (Phi) is 7.92. The molecule has 5 nitrogen and oxygen atoms in total. The average Bonchev–Trinajstić information content (AvgIpc) is 3.30. The molecule has 6 rings (SSSR count). The van der Waals surface area contributed by atoms with Gasteiger partial charge in [0.25, 0.3) is 0 Å². The molecule has 0 aromatic heterocycles. The zero-order valence-electron chi connectivity index (χ0n) is 24.9. The topological polar surface area (TPSA) is 50.8 Å². The quantitative estimate of drug-likeness (QED) is 0.146. The van der Waals surface area contributed by atoms with Crippen LogP contribution in [0.5, 0.6) is 11.5 Å². The SMILES string of the molecule is CCCCCN(CCCCC)c1ccc2c(c1)Oc1cc(C)c(Nc3ccccc3)cc1[C@@]21OC(=O)c2ccccc21. The Morgan fingerprint density at radius 1 is 0.738 bits per heavy atom. The van der Waals surface area contributed by atoms with E-state index >= 15 is 0 Å². The number of carbonyl (C=O) groups is 1. The number of rotatable bonds is 11. The zero-order chi connectivity index (χ0) is 29.1. The van der Waals surface area contributed by atoms with Gasteiger partial charge in [-0.25, -0.2) is 4.79 Å². The highest BCUT2D eigenvalue weighted by Gasteiger charge is 2.53. The minimum atomic E-state index is -1.09. The first-order valence-electron chi connectivity index (χ1n) is 15.4. The van der Waals surface area contributed by atoms with Gasteiger partial charge < -0.3 is 19.7 Å². The number of hydrogen-bond donors (Lipinski definition) is 1. The van der Waals surface area contributed by atoms with Crippen molar-refractivity contribution in [3.63, 3.8) is 0 Å². The highest BCUT2D eigenvalue weighted by Crippen LogP contribution is 2.57. The first-order chi connectivity index (χ1) is 20.5. The molecule has 1 spiro atoms. The summed E-state index contributed by atoms with van der Waals surface area (Å²) >= 11 is 0. The van der Waals surface area contributed by atoms with Crippen LogP contribution in [0, 0.1) is 6.92 Å². The fourth-order valence-electron chi connectivity index (χ4n) is 6.29. The summed E-state index contributed by atoms with van der Waals surface area (Å²) in [6, 6.07) is 28.4. The van der Waals surface area contributed by atoms with E-state index < -0.39 is 5.60 Å². The standard InChI is InChI=1S/C37H40N2O3/c1-4-6-13-21-39(22-14-7-5-2)28-19-20-31-35(24-28)41-34-23-26(3)33(38-27-15-9-8-10-16-27)25-32(34)37(31)30-18-12-11-17-29(30)36(40)42-37/h8-12,15-20,23-25,38H,4-7,13-14,21-22H2,1-3H3/t37-/m0/s1. The molecule has 5 heteroatoms. The molecule has 0 saturated heterocycles. The van der Waals surface area contributed by atoms with Gasteiger partial charge in [0.2, 0.25) is 0 Å². The van der Waals surface area contributed by atoms with Gasteiger partial charge in [-0.2, -0.15) is 0 Å². The number of aryl methyl sites for hydroxylation is 1. The molecule has 0 radical (unpaired) electrons. The van der Waals surface area contributed by atoms with E-state index in [-0.39, 0.29) is 5.97 Å². The largest absolute Gasteiger partial charge is 0.456 e. The van der Waals surface area contributed by atoms with Gasteiger partial charge in [-0.1, -0.05) is 75.9 Å². The van der Waals surface area contributed by atoms with Gasteiger partial charge in [0.1, 0.15) is 11.5 Å². The second-order valence-electron chi connectivity index (χ2n) is 11.5. The van der Waals surface area contributed by atoms with Crippen molar-refractivity contribution in [2.75, 3.05) is 23.3 Å². The van der Waals surface area contributed by atoms with Crippen molar-refractivity contribution in [3.05, 3.63) is 113 Å². The van der Waals surface area contributed by atoms with Crippen LogP contribution in [-0.2, 0) is 10.3 Å². The summed E-state index contributed by atoms with van der Waals surface area (Å²) in [5.41, 5.74) is 6.17. The number of carbonyl (C=O) groups excluding carboxylic acids is 1. The fraction of sp³-hybridized carbons (Fsp3) is 0.324. The Bertz CT molecular complexity index is 1570. The number of unbranched alkanes of at least 4 members (excludes halogenated alkanes) is 4. The van der Waals surface area contributed by atoms with Gasteiger partial charge in [0.15, 0.2) is 5.60 Å². The van der Waals surface area contributed by atoms with Gasteiger partial charge in [-0.05, 0) is 67.8 Å². The Balaban J connectivity index is 1.47. The van der Waals surface area contributed by atoms with Crippen LogP contribution in [0.4, 0.5) is 17.1 Å². The maximum atomic E-state index is 13.4. The van der Waals surface area contributed by atoms with E-state index in [1.54, 1.807) is 0 Å². The van der Waals surface area contributed by atoms with Crippen LogP contribution in [0.15, 0.2) is 84.9 Å². The number of hydrogen-bond acceptors (Lipinski definition) is 5. The summed E-state index contributed by atoms with van der Waals surface area (Å²) in [6.45, 7) is 8.60. The van der Waals surface area contributed by atoms with Crippen molar-refractivity contribution in [1.29, 1.82) is 0 Å². The van der Waals surface area contributed by atoms with Gasteiger partial charge in [0, 0.05) is 52.9 Å². The number of ether oxygens (including phenoxy) is 2. The summed E-state index contributed by atoms with van der Waals surface area (Å²) in [5.74, 6) is 1.14. The number of para-hydroxylation sites is 1. The van der Waals surface area contributed by atoms with Crippen molar-refractivity contribution in [2.24, 2.45) is 0 Å². The van der Waals surface area contributed by atoms with Gasteiger partial charge >= 0.3 is 5.97 Å². The van der Waals surface area contributed by atoms with E-state index in [0.717, 1.165) is 71.0 Å². The maximum absolute atomic E-state index is 13.4. The molecule has 0 aliphatic carbocycles. The number of nitrogens with zero attached hydrogens (tertiary/aromatic N) is 1. The number of nitrogens with one attached hydrogen (secondary N) is 1. The second-order valence-corrected chi connectivity index (χ2v) is 11.5. The van der Waals surface area contributed by atoms with Crippen LogP contribution < -0.4 is 15.0 Å². The van der Waals surface area contributed by atoms with E-state index in [4.69, 9.17) is 9.47 Å². The molecule has 0 saturated carbocycles. The van der Waals surface area contributed by atoms with Crippen molar-refractivity contribution >= 4 is 23.0 Å². The Morgan fingerprint density at radius 2 is 1.43 bits per heavy atom. The smallest absolute Gasteiger partial charge is 0.340 e. The summed E-state index contributed by atoms with van der Waals surface area (Å²) in [7, 11) is 0. The molecule has 0 bridgehead atoms. The lowest BCUT2D eigenvalue weighted by atomic mass is 9.77. The van der Waals surface area contributed by atoms with Crippen molar-refractivity contribution < 1.29 is 14.3 Å². The molecule has 1 N–H and O–H groups in total. The van der Waals surface area contributed by atoms with Crippen LogP contribution in [0.1, 0.15) is 85.0 Å². The molecule has 2 heterocycles. The van der Waals surface area contributed by atoms with Crippen molar-refractivity contribution in [3.8, 4) is 11.5 Å². The number of esters is 1. The predicted molar refractivity (Wildman–Crippen MR) is 170 cm³/mol. The summed E-state index contributed by atoms with van der Waals surface area (Å²) < 4.78 is 13.2. The molecule has 0 unspecified atom stereocenters. The van der Waals surface area contributed by atoms with Crippen molar-refractivity contribution in [2.45, 2.75) is 64.9 Å². The molecular formula is C37H40N2O3. The third-order valence-corrected chi connectivity index (χ3v) is 8.52. The lowest BCUT2D eigenvalue weighted by Gasteiger charge is -2.38. The van der Waals surface area contributed by atoms with Crippen LogP contribution in [-0.4, -0.2) is 19.1 Å². The fourth-order valence-corrected chi connectivity index (χ4v) is 6.29. The second kappa shape index (κ2) is 11.9. The average molecular weight is 561 g/mol. The molecule has 4 aromatic rings. The Hall–Kier alpha value is -4.25. The highest BCUT2D eigenvalue weighted by molar-refractivity contribution is 5.97. The first kappa shape index (κ1) is 27.9. The normalized spacial score (nSPS) is 16.3. The Morgan fingerprint density at radius 3 is 2.17 bits per heavy atom. The first-order valence-corrected chi connectivity index (χ1v) is 15.4. The summed E-state index contributed by atoms with van der Waals surface area (Å²) in [5, 5.41) is 3.56. The van der Waals surface area contributed by atoms with Crippen molar-refractivity contribution in [1.82, 2.24) is 0 Å². The molecule has 1 atom stereocenters. The molecule has 2 aliphatic heterocycles. The monoisotopic (exact) mass is 560 g/mol. The van der Waals surface area contributed by atoms with E-state index in [0.29, 0.717) is 11.3 Å². The van der Waals surface area contributed by atoms with Crippen LogP contribution >= 0.6 is 0 Å². The Labute approximate surface area is 249 Å². The van der Waals surface area contributed by atoms with Crippen LogP contribution in [0.2, 0.25) is 0 Å². The van der Waals surface area contributed by atoms with Gasteiger partial charge in [0.05, 0.1) is 5.56 Å². The summed E-state index contributed by atoms with van der Waals surface area (Å²) in [6.07, 6.45) is 7.14. The number of fused-ring (bicyclic) bond motifs is 6. The van der Waals surface area contributed by atoms with Gasteiger partial charge in [-0.15, -0.1) is 0 Å². The van der Waals surface area contributed by atoms with Crippen LogP contribution in [0.25, 0.3) is 0 Å². The zero-order valence-corrected chi connectivity index (χ0v) is 24.9. The minimum Gasteiger partial charge on any atom is -0.456 e. The lowest BCUT2D eigenvalue weighted by Crippen LogP contribution is -2.33. The molecule has 42 heavy (non-hydrogen) atoms. The van der Waals surface area contributed by atoms with E-state index in [9.17, 15) is 4.79 Å². The third kappa shape index (κ3) is 5.02. The number of benzene rings is 4. The molecule has 2 aliphatic rings. The summed E-state index contributed by atoms with van der Waals surface area (Å²) in [4.78, 5) is 15.9. The number of anilines is 3.